The van der Waals surface area contributed by atoms with Gasteiger partial charge in [-0.3, -0.25) is 4.90 Å². The number of anilines is 1. The summed E-state index contributed by atoms with van der Waals surface area (Å²) in [7, 11) is 0. The number of benzene rings is 1. The van der Waals surface area contributed by atoms with Crippen LogP contribution >= 0.6 is 15.9 Å². The molecule has 2 heterocycles. The summed E-state index contributed by atoms with van der Waals surface area (Å²) in [6.07, 6.45) is 4.26. The first-order valence-electron chi connectivity index (χ1n) is 7.44. The predicted octanol–water partition coefficient (Wildman–Crippen LogP) is 3.92. The van der Waals surface area contributed by atoms with Crippen LogP contribution in [0.25, 0.3) is 0 Å². The number of likely N-dealkylation sites (tertiary alicyclic amines) is 1. The summed E-state index contributed by atoms with van der Waals surface area (Å²) in [5, 5.41) is 3.61. The molecule has 3 nitrogen and oxygen atoms in total. The smallest absolute Gasteiger partial charge is 0.129 e. The standard InChI is InChI=1S/C17H20BrN3/c18-17-16(9-4-10-19-17)20-15-8-5-11-21(13-15)12-14-6-2-1-3-7-14/h1-4,6-7,9-10,15,20H,5,8,11-13H2. The first-order valence-corrected chi connectivity index (χ1v) is 8.24. The van der Waals surface area contributed by atoms with Crippen LogP contribution in [0, 0.1) is 0 Å². The molecule has 1 atom stereocenters. The highest BCUT2D eigenvalue weighted by molar-refractivity contribution is 9.10. The first-order chi connectivity index (χ1) is 10.3. The van der Waals surface area contributed by atoms with E-state index in [1.165, 1.54) is 24.9 Å². The van der Waals surface area contributed by atoms with E-state index in [2.05, 4.69) is 67.5 Å². The zero-order valence-corrected chi connectivity index (χ0v) is 13.6. The minimum Gasteiger partial charge on any atom is -0.379 e. The van der Waals surface area contributed by atoms with E-state index in [0.29, 0.717) is 6.04 Å². The van der Waals surface area contributed by atoms with E-state index >= 15 is 0 Å². The number of nitrogens with one attached hydrogen (secondary N) is 1. The maximum absolute atomic E-state index is 4.27. The van der Waals surface area contributed by atoms with Crippen LogP contribution in [0.5, 0.6) is 0 Å². The van der Waals surface area contributed by atoms with Crippen LogP contribution < -0.4 is 5.32 Å². The quantitative estimate of drug-likeness (QED) is 0.851. The van der Waals surface area contributed by atoms with E-state index in [1.807, 2.05) is 6.07 Å². The molecule has 1 N–H and O–H groups in total. The number of halogens is 1. The Kier molecular flexibility index (Phi) is 4.88. The van der Waals surface area contributed by atoms with E-state index in [0.717, 1.165) is 23.4 Å². The highest BCUT2D eigenvalue weighted by Crippen LogP contribution is 2.22. The monoisotopic (exact) mass is 345 g/mol. The van der Waals surface area contributed by atoms with Crippen molar-refractivity contribution in [2.45, 2.75) is 25.4 Å². The molecule has 2 aromatic rings. The van der Waals surface area contributed by atoms with Crippen molar-refractivity contribution in [3.63, 3.8) is 0 Å². The number of hydrogen-bond acceptors (Lipinski definition) is 3. The van der Waals surface area contributed by atoms with E-state index in [1.54, 1.807) is 6.20 Å². The average molecular weight is 346 g/mol. The summed E-state index contributed by atoms with van der Waals surface area (Å²) >= 11 is 3.50. The molecule has 0 spiro atoms. The van der Waals surface area contributed by atoms with Gasteiger partial charge in [0.25, 0.3) is 0 Å². The number of rotatable bonds is 4. The maximum atomic E-state index is 4.27. The van der Waals surface area contributed by atoms with Crippen molar-refractivity contribution in [1.29, 1.82) is 0 Å². The van der Waals surface area contributed by atoms with Gasteiger partial charge in [-0.2, -0.15) is 0 Å². The van der Waals surface area contributed by atoms with Gasteiger partial charge < -0.3 is 5.32 Å². The fraction of sp³-hybridized carbons (Fsp3) is 0.353. The molecule has 1 aromatic carbocycles. The van der Waals surface area contributed by atoms with E-state index < -0.39 is 0 Å². The predicted molar refractivity (Wildman–Crippen MR) is 90.3 cm³/mol. The summed E-state index contributed by atoms with van der Waals surface area (Å²) < 4.78 is 0.894. The molecule has 0 bridgehead atoms. The summed E-state index contributed by atoms with van der Waals surface area (Å²) in [4.78, 5) is 6.80. The largest absolute Gasteiger partial charge is 0.379 e. The zero-order chi connectivity index (χ0) is 14.5. The van der Waals surface area contributed by atoms with Gasteiger partial charge in [-0.15, -0.1) is 0 Å². The normalized spacial score (nSPS) is 19.4. The molecule has 1 fully saturated rings. The minimum absolute atomic E-state index is 0.489. The number of hydrogen-bond donors (Lipinski definition) is 1. The molecule has 3 rings (SSSR count). The molecule has 0 radical (unpaired) electrons. The summed E-state index contributed by atoms with van der Waals surface area (Å²) in [6.45, 7) is 3.30. The van der Waals surface area contributed by atoms with Crippen LogP contribution in [0.3, 0.4) is 0 Å². The van der Waals surface area contributed by atoms with Crippen LogP contribution in [0.1, 0.15) is 18.4 Å². The van der Waals surface area contributed by atoms with Crippen LogP contribution in [0.2, 0.25) is 0 Å². The fourth-order valence-electron chi connectivity index (χ4n) is 2.87. The maximum Gasteiger partial charge on any atom is 0.129 e. The van der Waals surface area contributed by atoms with Gasteiger partial charge in [0.05, 0.1) is 5.69 Å². The number of piperidine rings is 1. The Balaban J connectivity index is 1.60. The highest BCUT2D eigenvalue weighted by Gasteiger charge is 2.20. The summed E-state index contributed by atoms with van der Waals surface area (Å²) in [5.41, 5.74) is 2.48. The third-order valence-electron chi connectivity index (χ3n) is 3.87. The van der Waals surface area contributed by atoms with Gasteiger partial charge in [0.15, 0.2) is 0 Å². The van der Waals surface area contributed by atoms with Crippen molar-refractivity contribution in [3.05, 3.63) is 58.8 Å². The molecule has 1 aromatic heterocycles. The van der Waals surface area contributed by atoms with Crippen molar-refractivity contribution >= 4 is 21.6 Å². The van der Waals surface area contributed by atoms with E-state index in [-0.39, 0.29) is 0 Å². The van der Waals surface area contributed by atoms with Gasteiger partial charge in [-0.25, -0.2) is 4.98 Å². The number of aromatic nitrogens is 1. The van der Waals surface area contributed by atoms with Crippen LogP contribution in [-0.4, -0.2) is 29.0 Å². The third-order valence-corrected chi connectivity index (χ3v) is 4.51. The SMILES string of the molecule is Brc1ncccc1NC1CCCN(Cc2ccccc2)C1. The second-order valence-electron chi connectivity index (χ2n) is 5.55. The van der Waals surface area contributed by atoms with E-state index in [9.17, 15) is 0 Å². The molecular weight excluding hydrogens is 326 g/mol. The molecule has 1 aliphatic heterocycles. The Morgan fingerprint density at radius 3 is 2.86 bits per heavy atom. The molecular formula is C17H20BrN3. The van der Waals surface area contributed by atoms with Gasteiger partial charge >= 0.3 is 0 Å². The molecule has 0 saturated carbocycles. The third kappa shape index (κ3) is 4.05. The van der Waals surface area contributed by atoms with Crippen LogP contribution in [0.15, 0.2) is 53.3 Å². The molecule has 1 aliphatic rings. The molecule has 21 heavy (non-hydrogen) atoms. The Hall–Kier alpha value is -1.39. The van der Waals surface area contributed by atoms with Gasteiger partial charge in [0.2, 0.25) is 0 Å². The summed E-state index contributed by atoms with van der Waals surface area (Å²) in [5.74, 6) is 0. The number of pyridine rings is 1. The van der Waals surface area contributed by atoms with Crippen molar-refractivity contribution in [2.75, 3.05) is 18.4 Å². The second-order valence-corrected chi connectivity index (χ2v) is 6.30. The average Bonchev–Trinajstić information content (AvgIpc) is 2.51. The molecule has 0 aliphatic carbocycles. The molecule has 0 amide bonds. The topological polar surface area (TPSA) is 28.2 Å². The highest BCUT2D eigenvalue weighted by atomic mass is 79.9. The number of nitrogens with zero attached hydrogens (tertiary/aromatic N) is 2. The first kappa shape index (κ1) is 14.5. The summed E-state index contributed by atoms with van der Waals surface area (Å²) in [6, 6.07) is 15.2. The van der Waals surface area contributed by atoms with Crippen LogP contribution in [-0.2, 0) is 6.54 Å². The van der Waals surface area contributed by atoms with Gasteiger partial charge in [-0.1, -0.05) is 30.3 Å². The fourth-order valence-corrected chi connectivity index (χ4v) is 3.24. The Morgan fingerprint density at radius 1 is 1.19 bits per heavy atom. The molecule has 1 unspecified atom stereocenters. The lowest BCUT2D eigenvalue weighted by Gasteiger charge is -2.33. The van der Waals surface area contributed by atoms with E-state index in [4.69, 9.17) is 0 Å². The van der Waals surface area contributed by atoms with Gasteiger partial charge in [0.1, 0.15) is 4.60 Å². The van der Waals surface area contributed by atoms with Crippen molar-refractivity contribution in [2.24, 2.45) is 0 Å². The van der Waals surface area contributed by atoms with Gasteiger partial charge in [0, 0.05) is 25.3 Å². The second kappa shape index (κ2) is 7.05. The lowest BCUT2D eigenvalue weighted by atomic mass is 10.0. The Labute approximate surface area is 134 Å². The molecule has 110 valence electrons. The van der Waals surface area contributed by atoms with Crippen molar-refractivity contribution in [1.82, 2.24) is 9.88 Å². The molecule has 4 heteroatoms. The minimum atomic E-state index is 0.489. The van der Waals surface area contributed by atoms with Crippen molar-refractivity contribution < 1.29 is 0 Å². The van der Waals surface area contributed by atoms with Gasteiger partial charge in [-0.05, 0) is 53.0 Å². The molecule has 1 saturated heterocycles. The Bertz CT molecular complexity index is 573. The van der Waals surface area contributed by atoms with Crippen LogP contribution in [0.4, 0.5) is 5.69 Å². The Morgan fingerprint density at radius 2 is 2.05 bits per heavy atom. The van der Waals surface area contributed by atoms with Crippen molar-refractivity contribution in [3.8, 4) is 0 Å². The zero-order valence-electron chi connectivity index (χ0n) is 12.0. The lowest BCUT2D eigenvalue weighted by molar-refractivity contribution is 0.208. The lowest BCUT2D eigenvalue weighted by Crippen LogP contribution is -2.41.